The lowest BCUT2D eigenvalue weighted by atomic mass is 9.83. The Hall–Kier alpha value is -1.65. The van der Waals surface area contributed by atoms with Gasteiger partial charge in [0, 0.05) is 5.54 Å². The van der Waals surface area contributed by atoms with Gasteiger partial charge in [0.25, 0.3) is 0 Å². The van der Waals surface area contributed by atoms with Gasteiger partial charge in [-0.25, -0.2) is 14.8 Å². The Balaban J connectivity index is 2.05. The van der Waals surface area contributed by atoms with E-state index in [1.54, 1.807) is 0 Å². The molecule has 1 aliphatic carbocycles. The fraction of sp³-hybridized carbons (Fsp3) is 0.583. The smallest absolute Gasteiger partial charge is 0.356 e. The summed E-state index contributed by atoms with van der Waals surface area (Å²) in [7, 11) is 0. The van der Waals surface area contributed by atoms with E-state index in [0.717, 1.165) is 12.8 Å². The molecule has 5 nitrogen and oxygen atoms in total. The molecule has 92 valence electrons. The van der Waals surface area contributed by atoms with Crippen molar-refractivity contribution in [3.63, 3.8) is 0 Å². The van der Waals surface area contributed by atoms with Crippen molar-refractivity contribution in [2.24, 2.45) is 0 Å². The van der Waals surface area contributed by atoms with Crippen LogP contribution in [0.5, 0.6) is 0 Å². The maximum atomic E-state index is 10.6. The molecule has 0 spiro atoms. The lowest BCUT2D eigenvalue weighted by molar-refractivity contribution is 0.0690. The summed E-state index contributed by atoms with van der Waals surface area (Å²) in [5.74, 6) is -0.396. The van der Waals surface area contributed by atoms with Crippen molar-refractivity contribution in [3.8, 4) is 0 Å². The number of aromatic carboxylic acids is 1. The van der Waals surface area contributed by atoms with Crippen molar-refractivity contribution in [2.45, 2.75) is 44.6 Å². The van der Waals surface area contributed by atoms with Gasteiger partial charge in [0.1, 0.15) is 5.82 Å². The van der Waals surface area contributed by atoms with Crippen LogP contribution in [-0.2, 0) is 0 Å². The van der Waals surface area contributed by atoms with Crippen molar-refractivity contribution in [2.75, 3.05) is 5.32 Å². The van der Waals surface area contributed by atoms with Crippen LogP contribution in [0.1, 0.15) is 49.5 Å². The van der Waals surface area contributed by atoms with E-state index in [-0.39, 0.29) is 11.2 Å². The first kappa shape index (κ1) is 11.8. The summed E-state index contributed by atoms with van der Waals surface area (Å²) in [5, 5.41) is 12.1. The first-order valence-corrected chi connectivity index (χ1v) is 5.93. The van der Waals surface area contributed by atoms with Crippen molar-refractivity contribution in [1.29, 1.82) is 0 Å². The van der Waals surface area contributed by atoms with E-state index in [9.17, 15) is 4.79 Å². The Morgan fingerprint density at radius 3 is 2.53 bits per heavy atom. The molecule has 1 saturated carbocycles. The van der Waals surface area contributed by atoms with Crippen molar-refractivity contribution in [3.05, 3.63) is 18.1 Å². The van der Waals surface area contributed by atoms with Crippen molar-refractivity contribution in [1.82, 2.24) is 9.97 Å². The molecule has 2 N–H and O–H groups in total. The molecular weight excluding hydrogens is 218 g/mol. The van der Waals surface area contributed by atoms with Gasteiger partial charge in [-0.3, -0.25) is 0 Å². The SMILES string of the molecule is CC1(Nc2cnc(C(=O)O)cn2)CCCCC1. The highest BCUT2D eigenvalue weighted by molar-refractivity contribution is 5.84. The summed E-state index contributed by atoms with van der Waals surface area (Å²) < 4.78 is 0. The average Bonchev–Trinajstić information content (AvgIpc) is 2.30. The normalized spacial score (nSPS) is 18.6. The van der Waals surface area contributed by atoms with E-state index in [1.165, 1.54) is 31.7 Å². The highest BCUT2D eigenvalue weighted by Gasteiger charge is 2.26. The van der Waals surface area contributed by atoms with Crippen LogP contribution in [0.15, 0.2) is 12.4 Å². The minimum absolute atomic E-state index is 0.0238. The van der Waals surface area contributed by atoms with Crippen LogP contribution < -0.4 is 5.32 Å². The molecule has 0 radical (unpaired) electrons. The number of nitrogens with zero attached hydrogens (tertiary/aromatic N) is 2. The van der Waals surface area contributed by atoms with E-state index >= 15 is 0 Å². The molecule has 0 amide bonds. The maximum absolute atomic E-state index is 10.6. The van der Waals surface area contributed by atoms with E-state index in [1.807, 2.05) is 0 Å². The highest BCUT2D eigenvalue weighted by atomic mass is 16.4. The Labute approximate surface area is 100 Å². The molecule has 17 heavy (non-hydrogen) atoms. The van der Waals surface area contributed by atoms with Crippen LogP contribution in [-0.4, -0.2) is 26.6 Å². The molecular formula is C12H17N3O2. The third kappa shape index (κ3) is 2.93. The lowest BCUT2D eigenvalue weighted by Gasteiger charge is -2.34. The van der Waals surface area contributed by atoms with Gasteiger partial charge in [0.2, 0.25) is 0 Å². The lowest BCUT2D eigenvalue weighted by Crippen LogP contribution is -2.37. The van der Waals surface area contributed by atoms with Gasteiger partial charge < -0.3 is 10.4 Å². The minimum Gasteiger partial charge on any atom is -0.476 e. The van der Waals surface area contributed by atoms with Gasteiger partial charge in [-0.2, -0.15) is 0 Å². The molecule has 0 saturated heterocycles. The van der Waals surface area contributed by atoms with Gasteiger partial charge >= 0.3 is 5.97 Å². The first-order valence-electron chi connectivity index (χ1n) is 5.93. The summed E-state index contributed by atoms with van der Waals surface area (Å²) in [6.07, 6.45) is 8.76. The minimum atomic E-state index is -1.05. The Morgan fingerprint density at radius 1 is 1.29 bits per heavy atom. The molecule has 1 fully saturated rings. The second kappa shape index (κ2) is 4.69. The van der Waals surface area contributed by atoms with Crippen LogP contribution >= 0.6 is 0 Å². The molecule has 1 heterocycles. The van der Waals surface area contributed by atoms with Gasteiger partial charge in [0.15, 0.2) is 5.69 Å². The number of anilines is 1. The number of carboxylic acids is 1. The first-order chi connectivity index (χ1) is 8.09. The third-order valence-electron chi connectivity index (χ3n) is 3.26. The zero-order valence-corrected chi connectivity index (χ0v) is 9.94. The number of hydrogen-bond donors (Lipinski definition) is 2. The molecule has 2 rings (SSSR count). The van der Waals surface area contributed by atoms with Gasteiger partial charge in [-0.05, 0) is 19.8 Å². The highest BCUT2D eigenvalue weighted by Crippen LogP contribution is 2.30. The van der Waals surface area contributed by atoms with Crippen LogP contribution in [0.2, 0.25) is 0 Å². The van der Waals surface area contributed by atoms with Crippen molar-refractivity contribution >= 4 is 11.8 Å². The molecule has 1 aromatic heterocycles. The quantitative estimate of drug-likeness (QED) is 0.840. The second-order valence-electron chi connectivity index (χ2n) is 4.84. The summed E-state index contributed by atoms with van der Waals surface area (Å²) in [6.45, 7) is 2.18. The van der Waals surface area contributed by atoms with E-state index in [0.29, 0.717) is 5.82 Å². The predicted octanol–water partition coefficient (Wildman–Crippen LogP) is 2.31. The number of aromatic nitrogens is 2. The van der Waals surface area contributed by atoms with Crippen LogP contribution in [0.25, 0.3) is 0 Å². The standard InChI is InChI=1S/C12H17N3O2/c1-12(5-3-2-4-6-12)15-10-8-13-9(7-14-10)11(16)17/h7-8H,2-6H2,1H3,(H,14,15)(H,16,17). The summed E-state index contributed by atoms with van der Waals surface area (Å²) in [4.78, 5) is 18.6. The second-order valence-corrected chi connectivity index (χ2v) is 4.84. The zero-order chi connectivity index (χ0) is 12.3. The number of hydrogen-bond acceptors (Lipinski definition) is 4. The largest absolute Gasteiger partial charge is 0.476 e. The number of carboxylic acid groups (broad SMARTS) is 1. The number of nitrogens with one attached hydrogen (secondary N) is 1. The zero-order valence-electron chi connectivity index (χ0n) is 9.94. The molecule has 0 aliphatic heterocycles. The maximum Gasteiger partial charge on any atom is 0.356 e. The number of carbonyl (C=O) groups is 1. The van der Waals surface area contributed by atoms with E-state index < -0.39 is 5.97 Å². The van der Waals surface area contributed by atoms with Crippen molar-refractivity contribution < 1.29 is 9.90 Å². The third-order valence-corrected chi connectivity index (χ3v) is 3.26. The molecule has 5 heteroatoms. The summed E-state index contributed by atoms with van der Waals surface area (Å²) in [5.41, 5.74) is 0.0434. The number of rotatable bonds is 3. The Bertz CT molecular complexity index is 397. The molecule has 1 aliphatic rings. The average molecular weight is 235 g/mol. The molecule has 0 unspecified atom stereocenters. The van der Waals surface area contributed by atoms with Gasteiger partial charge in [0.05, 0.1) is 12.4 Å². The topological polar surface area (TPSA) is 75.1 Å². The van der Waals surface area contributed by atoms with Gasteiger partial charge in [-0.15, -0.1) is 0 Å². The monoisotopic (exact) mass is 235 g/mol. The molecule has 0 bridgehead atoms. The molecule has 0 atom stereocenters. The van der Waals surface area contributed by atoms with E-state index in [2.05, 4.69) is 22.2 Å². The molecule has 1 aromatic rings. The summed E-state index contributed by atoms with van der Waals surface area (Å²) >= 11 is 0. The fourth-order valence-corrected chi connectivity index (χ4v) is 2.27. The fourth-order valence-electron chi connectivity index (χ4n) is 2.27. The van der Waals surface area contributed by atoms with Crippen LogP contribution in [0.3, 0.4) is 0 Å². The predicted molar refractivity (Wildman–Crippen MR) is 64.1 cm³/mol. The molecule has 0 aromatic carbocycles. The Kier molecular flexibility index (Phi) is 3.26. The van der Waals surface area contributed by atoms with E-state index in [4.69, 9.17) is 5.11 Å². The van der Waals surface area contributed by atoms with Gasteiger partial charge in [-0.1, -0.05) is 19.3 Å². The van der Waals surface area contributed by atoms with Crippen LogP contribution in [0.4, 0.5) is 5.82 Å². The Morgan fingerprint density at radius 2 is 2.00 bits per heavy atom. The van der Waals surface area contributed by atoms with Crippen LogP contribution in [0, 0.1) is 0 Å². The summed E-state index contributed by atoms with van der Waals surface area (Å²) in [6, 6.07) is 0.